The molecular formula is C24H18ClF5N4O3. The fourth-order valence-corrected chi connectivity index (χ4v) is 4.08. The highest BCUT2D eigenvalue weighted by atomic mass is 35.5. The van der Waals surface area contributed by atoms with Gasteiger partial charge in [-0.1, -0.05) is 11.6 Å². The van der Waals surface area contributed by atoms with Crippen molar-refractivity contribution in [3.8, 4) is 0 Å². The number of benzene rings is 1. The predicted molar refractivity (Wildman–Crippen MR) is 124 cm³/mol. The number of aromatic nitrogens is 2. The Kier molecular flexibility index (Phi) is 6.67. The van der Waals surface area contributed by atoms with Gasteiger partial charge in [0.15, 0.2) is 11.3 Å². The summed E-state index contributed by atoms with van der Waals surface area (Å²) in [5, 5.41) is 12.9. The maximum atomic E-state index is 14.7. The Balaban J connectivity index is 1.60. The molecule has 7 nitrogen and oxygen atoms in total. The maximum absolute atomic E-state index is 14.7. The summed E-state index contributed by atoms with van der Waals surface area (Å²) in [7, 11) is 0. The van der Waals surface area contributed by atoms with Crippen molar-refractivity contribution in [2.45, 2.75) is 31.0 Å². The van der Waals surface area contributed by atoms with Gasteiger partial charge in [0.05, 0.1) is 16.8 Å². The molecule has 1 atom stereocenters. The molecule has 0 saturated carbocycles. The molecule has 0 spiro atoms. The minimum atomic E-state index is -4.85. The summed E-state index contributed by atoms with van der Waals surface area (Å²) in [6, 6.07) is 8.45. The molecule has 1 aromatic carbocycles. The highest BCUT2D eigenvalue weighted by molar-refractivity contribution is 6.30. The lowest BCUT2D eigenvalue weighted by Crippen LogP contribution is -2.42. The Morgan fingerprint density at radius 2 is 1.86 bits per heavy atom. The van der Waals surface area contributed by atoms with E-state index >= 15 is 0 Å². The van der Waals surface area contributed by atoms with Crippen LogP contribution in [0.4, 0.5) is 33.5 Å². The third kappa shape index (κ3) is 4.98. The first-order valence-electron chi connectivity index (χ1n) is 10.7. The van der Waals surface area contributed by atoms with Crippen molar-refractivity contribution < 1.29 is 36.6 Å². The summed E-state index contributed by atoms with van der Waals surface area (Å²) in [5.74, 6) is -5.57. The van der Waals surface area contributed by atoms with E-state index in [1.54, 1.807) is 0 Å². The number of hydrogen-bond acceptors (Lipinski definition) is 5. The Labute approximate surface area is 211 Å². The van der Waals surface area contributed by atoms with Crippen molar-refractivity contribution in [3.05, 3.63) is 82.3 Å². The molecule has 1 aliphatic heterocycles. The number of hydrogen-bond donors (Lipinski definition) is 2. The highest BCUT2D eigenvalue weighted by Crippen LogP contribution is 2.47. The van der Waals surface area contributed by atoms with Crippen LogP contribution in [-0.2, 0) is 11.8 Å². The first-order chi connectivity index (χ1) is 17.2. The molecule has 0 saturated heterocycles. The van der Waals surface area contributed by atoms with E-state index in [-0.39, 0.29) is 27.7 Å². The molecule has 4 rings (SSSR count). The number of amides is 2. The van der Waals surface area contributed by atoms with Crippen molar-refractivity contribution in [3.63, 3.8) is 0 Å². The number of anilines is 2. The minimum Gasteiger partial charge on any atom is -0.379 e. The lowest BCUT2D eigenvalue weighted by Gasteiger charge is -2.32. The second-order valence-corrected chi connectivity index (χ2v) is 8.86. The molecule has 2 aromatic heterocycles. The largest absolute Gasteiger partial charge is 0.434 e. The molecule has 0 fully saturated rings. The van der Waals surface area contributed by atoms with E-state index in [1.807, 2.05) is 0 Å². The van der Waals surface area contributed by atoms with Crippen LogP contribution < -0.4 is 10.2 Å². The molecule has 2 amide bonds. The molecule has 2 N–H and O–H groups in total. The highest BCUT2D eigenvalue weighted by Gasteiger charge is 2.53. The topological polar surface area (TPSA) is 95.4 Å². The van der Waals surface area contributed by atoms with Crippen molar-refractivity contribution >= 4 is 34.9 Å². The summed E-state index contributed by atoms with van der Waals surface area (Å²) in [6.07, 6.45) is -3.75. The summed E-state index contributed by atoms with van der Waals surface area (Å²) < 4.78 is 68.9. The molecular weight excluding hydrogens is 523 g/mol. The second kappa shape index (κ2) is 9.34. The van der Waals surface area contributed by atoms with Crippen LogP contribution in [0.25, 0.3) is 0 Å². The van der Waals surface area contributed by atoms with Gasteiger partial charge >= 0.3 is 6.18 Å². The van der Waals surface area contributed by atoms with E-state index in [4.69, 9.17) is 11.6 Å². The fraction of sp³-hybridized carbons (Fsp3) is 0.250. The summed E-state index contributed by atoms with van der Waals surface area (Å²) in [6.45, 7) is 0.512. The molecule has 0 aliphatic carbocycles. The zero-order chi connectivity index (χ0) is 27.2. The van der Waals surface area contributed by atoms with Crippen LogP contribution in [0.1, 0.15) is 45.3 Å². The normalized spacial score (nSPS) is 19.1. The number of carbonyl (C=O) groups is 2. The van der Waals surface area contributed by atoms with Crippen LogP contribution in [0.2, 0.25) is 5.02 Å². The Morgan fingerprint density at radius 1 is 1.14 bits per heavy atom. The first kappa shape index (κ1) is 26.4. The summed E-state index contributed by atoms with van der Waals surface area (Å²) in [4.78, 5) is 33.8. The van der Waals surface area contributed by atoms with E-state index in [0.29, 0.717) is 0 Å². The molecule has 0 radical (unpaired) electrons. The molecule has 0 unspecified atom stereocenters. The van der Waals surface area contributed by atoms with Crippen LogP contribution in [0.15, 0.2) is 54.9 Å². The van der Waals surface area contributed by atoms with Crippen LogP contribution in [-0.4, -0.2) is 39.4 Å². The average molecular weight is 541 g/mol. The van der Waals surface area contributed by atoms with Gasteiger partial charge in [0, 0.05) is 35.9 Å². The third-order valence-corrected chi connectivity index (χ3v) is 6.19. The van der Waals surface area contributed by atoms with Crippen molar-refractivity contribution in [2.24, 2.45) is 0 Å². The number of alkyl halides is 5. The number of pyridine rings is 2. The van der Waals surface area contributed by atoms with E-state index in [2.05, 4.69) is 15.3 Å². The standard InChI is InChI=1S/C24H18ClF5N4O3/c1-22(37)16-11-14(25)5-6-17(16)34(10-8-23(22,26)27)21(36)13-4-7-18(32-12-13)33-20(35)15-3-2-9-31-19(15)24(28,29)30/h2-7,9,11-12,37H,8,10H2,1H3,(H,32,33,35)/t22-/m1/s1. The van der Waals surface area contributed by atoms with Crippen molar-refractivity contribution in [2.75, 3.05) is 16.8 Å². The maximum Gasteiger partial charge on any atom is 0.434 e. The number of nitrogens with one attached hydrogen (secondary N) is 1. The van der Waals surface area contributed by atoms with E-state index < -0.39 is 53.7 Å². The zero-order valence-corrected chi connectivity index (χ0v) is 19.7. The number of nitrogens with zero attached hydrogens (tertiary/aromatic N) is 3. The monoisotopic (exact) mass is 540 g/mol. The van der Waals surface area contributed by atoms with Gasteiger partial charge in [-0.15, -0.1) is 0 Å². The van der Waals surface area contributed by atoms with Gasteiger partial charge in [0.1, 0.15) is 5.82 Å². The molecule has 194 valence electrons. The van der Waals surface area contributed by atoms with E-state index in [9.17, 15) is 36.6 Å². The van der Waals surface area contributed by atoms with Gasteiger partial charge in [-0.2, -0.15) is 13.2 Å². The lowest BCUT2D eigenvalue weighted by atomic mass is 9.87. The van der Waals surface area contributed by atoms with Crippen molar-refractivity contribution in [1.82, 2.24) is 9.97 Å². The fourth-order valence-electron chi connectivity index (χ4n) is 3.91. The second-order valence-electron chi connectivity index (χ2n) is 8.43. The molecule has 37 heavy (non-hydrogen) atoms. The Morgan fingerprint density at radius 3 is 2.51 bits per heavy atom. The number of carbonyl (C=O) groups excluding carboxylic acids is 2. The Bertz CT molecular complexity index is 1360. The first-order valence-corrected chi connectivity index (χ1v) is 11.1. The molecule has 3 heterocycles. The van der Waals surface area contributed by atoms with Gasteiger partial charge in [-0.3, -0.25) is 14.6 Å². The van der Waals surface area contributed by atoms with E-state index in [0.717, 1.165) is 30.3 Å². The Hall–Kier alpha value is -3.64. The van der Waals surface area contributed by atoms with Gasteiger partial charge < -0.3 is 15.3 Å². The molecule has 13 heteroatoms. The van der Waals surface area contributed by atoms with Crippen LogP contribution in [0.3, 0.4) is 0 Å². The lowest BCUT2D eigenvalue weighted by molar-refractivity contribution is -0.177. The quantitative estimate of drug-likeness (QED) is 0.440. The third-order valence-electron chi connectivity index (χ3n) is 5.95. The number of fused-ring (bicyclic) bond motifs is 1. The molecule has 1 aliphatic rings. The van der Waals surface area contributed by atoms with Crippen molar-refractivity contribution in [1.29, 1.82) is 0 Å². The van der Waals surface area contributed by atoms with Gasteiger partial charge in [0.25, 0.3) is 17.7 Å². The number of aliphatic hydroxyl groups is 1. The minimum absolute atomic E-state index is 0.0326. The SMILES string of the molecule is C[C@@]1(O)c2cc(Cl)ccc2N(C(=O)c2ccc(NC(=O)c3cccnc3C(F)(F)F)nc2)CCC1(F)F. The molecule has 3 aromatic rings. The summed E-state index contributed by atoms with van der Waals surface area (Å²) in [5.41, 5.74) is -4.94. The average Bonchev–Trinajstić information content (AvgIpc) is 2.91. The van der Waals surface area contributed by atoms with E-state index in [1.165, 1.54) is 36.4 Å². The van der Waals surface area contributed by atoms with Gasteiger partial charge in [-0.25, -0.2) is 13.8 Å². The predicted octanol–water partition coefficient (Wildman–Crippen LogP) is 5.29. The number of halogens is 6. The summed E-state index contributed by atoms with van der Waals surface area (Å²) >= 11 is 5.96. The van der Waals surface area contributed by atoms with Crippen LogP contribution in [0.5, 0.6) is 0 Å². The molecule has 0 bridgehead atoms. The van der Waals surface area contributed by atoms with Gasteiger partial charge in [0.2, 0.25) is 0 Å². The smallest absolute Gasteiger partial charge is 0.379 e. The number of rotatable bonds is 3. The van der Waals surface area contributed by atoms with Crippen LogP contribution in [0, 0.1) is 0 Å². The van der Waals surface area contributed by atoms with Gasteiger partial charge in [-0.05, 0) is 49.4 Å². The van der Waals surface area contributed by atoms with Crippen LogP contribution >= 0.6 is 11.6 Å². The zero-order valence-electron chi connectivity index (χ0n) is 19.0.